The zero-order chi connectivity index (χ0) is 18.0. The number of ether oxygens (including phenoxy) is 1. The molecule has 1 saturated carbocycles. The molecular weight excluding hydrogens is 312 g/mol. The molecule has 0 unspecified atom stereocenters. The number of oxime groups is 1. The van der Waals surface area contributed by atoms with Crippen molar-refractivity contribution in [3.05, 3.63) is 0 Å². The van der Waals surface area contributed by atoms with E-state index in [4.69, 9.17) is 9.57 Å². The van der Waals surface area contributed by atoms with E-state index in [9.17, 15) is 0 Å². The topological polar surface area (TPSA) is 42.8 Å². The molecule has 2 heterocycles. The number of rotatable bonds is 1. The summed E-state index contributed by atoms with van der Waals surface area (Å²) in [5.74, 6) is 0.756. The summed E-state index contributed by atoms with van der Waals surface area (Å²) in [6, 6.07) is 0. The van der Waals surface area contributed by atoms with Crippen molar-refractivity contribution in [2.75, 3.05) is 0 Å². The van der Waals surface area contributed by atoms with Crippen LogP contribution < -0.4 is 5.32 Å². The van der Waals surface area contributed by atoms with E-state index in [0.717, 1.165) is 18.7 Å². The molecule has 3 aliphatic rings. The van der Waals surface area contributed by atoms with Crippen LogP contribution in [0.4, 0.5) is 0 Å². The molecule has 2 aliphatic heterocycles. The van der Waals surface area contributed by atoms with Crippen molar-refractivity contribution in [2.45, 2.75) is 122 Å². The highest BCUT2D eigenvalue weighted by molar-refractivity contribution is 5.79. The predicted molar refractivity (Wildman–Crippen MR) is 103 cm³/mol. The minimum atomic E-state index is -0.570. The Labute approximate surface area is 154 Å². The maximum absolute atomic E-state index is 6.49. The first-order chi connectivity index (χ1) is 11.8. The highest BCUT2D eigenvalue weighted by Gasteiger charge is 2.54. The Morgan fingerprint density at radius 1 is 0.800 bits per heavy atom. The normalized spacial score (nSPS) is 30.0. The third-order valence-corrected chi connectivity index (χ3v) is 5.90. The lowest BCUT2D eigenvalue weighted by Crippen LogP contribution is -2.64. The summed E-state index contributed by atoms with van der Waals surface area (Å²) in [5.41, 5.74) is -0.0259. The molecule has 144 valence electrons. The third-order valence-electron chi connectivity index (χ3n) is 5.90. The Kier molecular flexibility index (Phi) is 5.67. The fourth-order valence-corrected chi connectivity index (χ4v) is 5.30. The van der Waals surface area contributed by atoms with Gasteiger partial charge in [0, 0.05) is 29.8 Å². The summed E-state index contributed by atoms with van der Waals surface area (Å²) in [6.45, 7) is 8.92. The Hall–Kier alpha value is -0.770. The molecule has 1 spiro atoms. The molecule has 0 aromatic carbocycles. The van der Waals surface area contributed by atoms with Crippen LogP contribution in [0.25, 0.3) is 0 Å². The van der Waals surface area contributed by atoms with Crippen LogP contribution in [-0.4, -0.2) is 22.8 Å². The summed E-state index contributed by atoms with van der Waals surface area (Å²) in [6.07, 6.45) is 14.9. The van der Waals surface area contributed by atoms with Crippen molar-refractivity contribution < 1.29 is 9.57 Å². The summed E-state index contributed by atoms with van der Waals surface area (Å²) in [7, 11) is 0. The Morgan fingerprint density at radius 2 is 1.28 bits per heavy atom. The van der Waals surface area contributed by atoms with E-state index in [0.29, 0.717) is 5.92 Å². The van der Waals surface area contributed by atoms with Gasteiger partial charge in [-0.15, -0.1) is 0 Å². The zero-order valence-corrected chi connectivity index (χ0v) is 16.8. The van der Waals surface area contributed by atoms with Gasteiger partial charge in [0.15, 0.2) is 0 Å². The van der Waals surface area contributed by atoms with Gasteiger partial charge in [-0.3, -0.25) is 0 Å². The van der Waals surface area contributed by atoms with Crippen molar-refractivity contribution in [3.8, 4) is 0 Å². The van der Waals surface area contributed by atoms with Crippen LogP contribution in [0.2, 0.25) is 0 Å². The summed E-state index contributed by atoms with van der Waals surface area (Å²) in [4.78, 5) is 6.00. The largest absolute Gasteiger partial charge is 0.433 e. The Balaban J connectivity index is 1.65. The van der Waals surface area contributed by atoms with Gasteiger partial charge in [0.2, 0.25) is 5.90 Å². The molecule has 0 bridgehead atoms. The average Bonchev–Trinajstić information content (AvgIpc) is 2.82. The van der Waals surface area contributed by atoms with E-state index in [1.165, 1.54) is 64.2 Å². The monoisotopic (exact) mass is 350 g/mol. The van der Waals surface area contributed by atoms with E-state index in [2.05, 4.69) is 38.2 Å². The van der Waals surface area contributed by atoms with Crippen LogP contribution in [0.3, 0.4) is 0 Å². The summed E-state index contributed by atoms with van der Waals surface area (Å²) >= 11 is 0. The molecule has 1 saturated heterocycles. The van der Waals surface area contributed by atoms with Gasteiger partial charge >= 0.3 is 0 Å². The van der Waals surface area contributed by atoms with Crippen LogP contribution in [0.1, 0.15) is 105 Å². The first-order valence-electron chi connectivity index (χ1n) is 10.5. The first kappa shape index (κ1) is 19.0. The molecule has 25 heavy (non-hydrogen) atoms. The fourth-order valence-electron chi connectivity index (χ4n) is 5.30. The molecule has 1 N–H and O–H groups in total. The van der Waals surface area contributed by atoms with E-state index in [-0.39, 0.29) is 11.1 Å². The molecule has 0 amide bonds. The molecule has 4 heteroatoms. The van der Waals surface area contributed by atoms with Crippen molar-refractivity contribution in [2.24, 2.45) is 11.1 Å². The van der Waals surface area contributed by atoms with Crippen molar-refractivity contribution in [3.63, 3.8) is 0 Å². The quantitative estimate of drug-likeness (QED) is 0.677. The second kappa shape index (κ2) is 7.46. The van der Waals surface area contributed by atoms with Gasteiger partial charge in [0.1, 0.15) is 0 Å². The average molecular weight is 351 g/mol. The molecule has 0 aromatic heterocycles. The van der Waals surface area contributed by atoms with E-state index in [1.54, 1.807) is 0 Å². The van der Waals surface area contributed by atoms with Gasteiger partial charge in [-0.05, 0) is 45.7 Å². The smallest absolute Gasteiger partial charge is 0.280 e. The summed E-state index contributed by atoms with van der Waals surface area (Å²) < 4.78 is 6.49. The van der Waals surface area contributed by atoms with E-state index in [1.807, 2.05) is 0 Å². The van der Waals surface area contributed by atoms with E-state index >= 15 is 0 Å². The number of hydrogen-bond acceptors (Lipinski definition) is 4. The molecule has 1 aliphatic carbocycles. The Bertz CT molecular complexity index is 456. The molecule has 2 fully saturated rings. The van der Waals surface area contributed by atoms with Gasteiger partial charge in [-0.1, -0.05) is 51.4 Å². The second-order valence-electron chi connectivity index (χ2n) is 9.88. The molecule has 0 radical (unpaired) electrons. The lowest BCUT2D eigenvalue weighted by atomic mass is 9.78. The number of nitrogens with one attached hydrogen (secondary N) is 1. The first-order valence-corrected chi connectivity index (χ1v) is 10.5. The maximum Gasteiger partial charge on any atom is 0.280 e. The standard InChI is InChI=1S/C21H38N2O2/c1-19(2)15-21(16-20(3,4)23-19)24-18(22-25-21)17-13-11-9-7-5-6-8-10-12-14-17/h17,23H,5-16H2,1-4H3. The van der Waals surface area contributed by atoms with Crippen molar-refractivity contribution >= 4 is 5.90 Å². The van der Waals surface area contributed by atoms with Crippen molar-refractivity contribution in [1.82, 2.24) is 5.32 Å². The SMILES string of the molecule is CC1(C)CC2(CC(C)(C)N1)ON=C(C1CCCCCCCCCC1)O2. The molecule has 4 nitrogen and oxygen atoms in total. The highest BCUT2D eigenvalue weighted by Crippen LogP contribution is 2.43. The molecule has 3 rings (SSSR count). The van der Waals surface area contributed by atoms with Crippen LogP contribution >= 0.6 is 0 Å². The molecule has 0 aromatic rings. The maximum atomic E-state index is 6.49. The Morgan fingerprint density at radius 3 is 1.80 bits per heavy atom. The number of hydrogen-bond donors (Lipinski definition) is 1. The van der Waals surface area contributed by atoms with Gasteiger partial charge < -0.3 is 14.9 Å². The predicted octanol–water partition coefficient (Wildman–Crippen LogP) is 5.51. The molecule has 0 atom stereocenters. The molecular formula is C21H38N2O2. The summed E-state index contributed by atoms with van der Waals surface area (Å²) in [5, 5.41) is 8.19. The van der Waals surface area contributed by atoms with Crippen LogP contribution in [0.15, 0.2) is 5.16 Å². The van der Waals surface area contributed by atoms with E-state index < -0.39 is 5.79 Å². The minimum Gasteiger partial charge on any atom is -0.433 e. The number of nitrogens with zero attached hydrogens (tertiary/aromatic N) is 1. The fraction of sp³-hybridized carbons (Fsp3) is 0.952. The second-order valence-corrected chi connectivity index (χ2v) is 9.88. The zero-order valence-electron chi connectivity index (χ0n) is 16.8. The van der Waals surface area contributed by atoms with Gasteiger partial charge in [-0.2, -0.15) is 0 Å². The number of piperidine rings is 1. The minimum absolute atomic E-state index is 0.0129. The third kappa shape index (κ3) is 5.12. The van der Waals surface area contributed by atoms with Crippen LogP contribution in [0.5, 0.6) is 0 Å². The van der Waals surface area contributed by atoms with Crippen LogP contribution in [0, 0.1) is 5.92 Å². The van der Waals surface area contributed by atoms with Gasteiger partial charge in [0.25, 0.3) is 5.79 Å². The van der Waals surface area contributed by atoms with Crippen LogP contribution in [-0.2, 0) is 9.57 Å². The van der Waals surface area contributed by atoms with Crippen molar-refractivity contribution in [1.29, 1.82) is 0 Å². The lowest BCUT2D eigenvalue weighted by Gasteiger charge is -2.48. The lowest BCUT2D eigenvalue weighted by molar-refractivity contribution is -0.207. The highest BCUT2D eigenvalue weighted by atomic mass is 16.8. The van der Waals surface area contributed by atoms with Gasteiger partial charge in [-0.25, -0.2) is 0 Å². The van der Waals surface area contributed by atoms with Gasteiger partial charge in [0.05, 0.1) is 0 Å².